The van der Waals surface area contributed by atoms with Crippen LogP contribution in [-0.2, 0) is 4.74 Å². The molecule has 1 aliphatic rings. The lowest BCUT2D eigenvalue weighted by atomic mass is 10.2. The van der Waals surface area contributed by atoms with E-state index in [-0.39, 0.29) is 5.95 Å². The molecule has 30 heavy (non-hydrogen) atoms. The van der Waals surface area contributed by atoms with E-state index in [0.717, 1.165) is 29.9 Å². The molecule has 1 aliphatic heterocycles. The molecular weight excluding hydrogens is 380 g/mol. The fourth-order valence-electron chi connectivity index (χ4n) is 3.26. The molecule has 9 heteroatoms. The van der Waals surface area contributed by atoms with Crippen LogP contribution in [0.3, 0.4) is 0 Å². The van der Waals surface area contributed by atoms with Crippen molar-refractivity contribution in [1.82, 2.24) is 29.5 Å². The molecule has 1 saturated heterocycles. The van der Waals surface area contributed by atoms with Gasteiger partial charge in [0.05, 0.1) is 13.2 Å². The van der Waals surface area contributed by atoms with E-state index in [1.807, 2.05) is 24.5 Å². The number of anilines is 2. The van der Waals surface area contributed by atoms with E-state index in [1.54, 1.807) is 24.8 Å². The van der Waals surface area contributed by atoms with Crippen LogP contribution in [0.5, 0.6) is 0 Å². The van der Waals surface area contributed by atoms with Gasteiger partial charge >= 0.3 is 0 Å². The minimum atomic E-state index is 0.211. The largest absolute Gasteiger partial charge is 0.378 e. The summed E-state index contributed by atoms with van der Waals surface area (Å²) in [6.45, 7) is 10.6. The minimum Gasteiger partial charge on any atom is -0.378 e. The van der Waals surface area contributed by atoms with E-state index in [0.29, 0.717) is 36.0 Å². The molecule has 0 unspecified atom stereocenters. The Morgan fingerprint density at radius 1 is 1.13 bits per heavy atom. The van der Waals surface area contributed by atoms with E-state index in [9.17, 15) is 0 Å². The highest BCUT2D eigenvalue weighted by molar-refractivity contribution is 5.90. The van der Waals surface area contributed by atoms with Crippen LogP contribution in [0.25, 0.3) is 28.1 Å². The number of nitrogen functional groups attached to an aromatic ring is 1. The van der Waals surface area contributed by atoms with Crippen LogP contribution in [0.4, 0.5) is 11.9 Å². The predicted octanol–water partition coefficient (Wildman–Crippen LogP) is 2.70. The van der Waals surface area contributed by atoms with Gasteiger partial charge in [-0.05, 0) is 26.0 Å². The molecule has 154 valence electrons. The number of hydrogen-bond donors (Lipinski definition) is 1. The van der Waals surface area contributed by atoms with Gasteiger partial charge < -0.3 is 15.4 Å². The standard InChI is InChI=1S/C21H24N8O/c1-4-5-16(10-14(2)3)29-13-25-18-17(15-11-23-20(22)24-12-15)26-21(27-19(18)29)28-6-8-30-9-7-28/h4-5,10-13H,1,6-9H2,2-3H3,(H2,22,23,24)/b16-5+. The summed E-state index contributed by atoms with van der Waals surface area (Å²) >= 11 is 0. The second kappa shape index (κ2) is 8.42. The summed E-state index contributed by atoms with van der Waals surface area (Å²) in [6, 6.07) is 0. The third-order valence-electron chi connectivity index (χ3n) is 4.63. The van der Waals surface area contributed by atoms with Crippen LogP contribution in [-0.4, -0.2) is 55.8 Å². The lowest BCUT2D eigenvalue weighted by Crippen LogP contribution is -2.37. The first-order chi connectivity index (χ1) is 14.6. The zero-order valence-corrected chi connectivity index (χ0v) is 17.1. The Labute approximate surface area is 174 Å². The minimum absolute atomic E-state index is 0.211. The zero-order valence-electron chi connectivity index (χ0n) is 17.1. The lowest BCUT2D eigenvalue weighted by Gasteiger charge is -2.27. The number of nitrogens with two attached hydrogens (primary N) is 1. The van der Waals surface area contributed by atoms with Crippen LogP contribution in [0.15, 0.2) is 49.1 Å². The topological polar surface area (TPSA) is 108 Å². The third-order valence-corrected chi connectivity index (χ3v) is 4.63. The van der Waals surface area contributed by atoms with E-state index >= 15 is 0 Å². The Hall–Kier alpha value is -3.59. The average Bonchev–Trinajstić information content (AvgIpc) is 3.18. The number of nitrogens with zero attached hydrogens (tertiary/aromatic N) is 7. The van der Waals surface area contributed by atoms with Gasteiger partial charge in [-0.25, -0.2) is 19.9 Å². The molecule has 0 bridgehead atoms. The summed E-state index contributed by atoms with van der Waals surface area (Å²) in [7, 11) is 0. The van der Waals surface area contributed by atoms with Gasteiger partial charge in [-0.3, -0.25) is 4.57 Å². The maximum Gasteiger partial charge on any atom is 0.228 e. The molecule has 0 spiro atoms. The number of hydrogen-bond acceptors (Lipinski definition) is 8. The Kier molecular flexibility index (Phi) is 5.53. The Morgan fingerprint density at radius 2 is 1.87 bits per heavy atom. The van der Waals surface area contributed by atoms with E-state index in [1.165, 1.54) is 0 Å². The summed E-state index contributed by atoms with van der Waals surface area (Å²) in [5.74, 6) is 0.831. The highest BCUT2D eigenvalue weighted by Gasteiger charge is 2.21. The van der Waals surface area contributed by atoms with Gasteiger partial charge in [-0.1, -0.05) is 18.2 Å². The van der Waals surface area contributed by atoms with Gasteiger partial charge in [0.2, 0.25) is 11.9 Å². The summed E-state index contributed by atoms with van der Waals surface area (Å²) in [4.78, 5) is 24.6. The van der Waals surface area contributed by atoms with Gasteiger partial charge in [-0.15, -0.1) is 0 Å². The zero-order chi connectivity index (χ0) is 21.1. The first-order valence-electron chi connectivity index (χ1n) is 9.70. The number of ether oxygens (including phenoxy) is 1. The summed E-state index contributed by atoms with van der Waals surface area (Å²) in [6.07, 6.45) is 10.8. The van der Waals surface area contributed by atoms with Crippen molar-refractivity contribution >= 4 is 28.8 Å². The number of fused-ring (bicyclic) bond motifs is 1. The van der Waals surface area contributed by atoms with Crippen molar-refractivity contribution in [3.05, 3.63) is 49.1 Å². The van der Waals surface area contributed by atoms with Crippen molar-refractivity contribution in [3.8, 4) is 11.3 Å². The number of rotatable bonds is 5. The van der Waals surface area contributed by atoms with Crippen molar-refractivity contribution in [2.75, 3.05) is 36.9 Å². The molecule has 3 aromatic heterocycles. The van der Waals surface area contributed by atoms with Gasteiger partial charge in [-0.2, -0.15) is 4.98 Å². The van der Waals surface area contributed by atoms with Gasteiger partial charge in [0.1, 0.15) is 17.5 Å². The summed E-state index contributed by atoms with van der Waals surface area (Å²) in [5, 5.41) is 0. The molecule has 0 aromatic carbocycles. The molecule has 2 N–H and O–H groups in total. The van der Waals surface area contributed by atoms with Crippen LogP contribution < -0.4 is 10.6 Å². The normalized spacial score (nSPS) is 14.7. The molecule has 4 rings (SSSR count). The summed E-state index contributed by atoms with van der Waals surface area (Å²) in [5.41, 5.74) is 10.5. The number of aromatic nitrogens is 6. The quantitative estimate of drug-likeness (QED) is 0.647. The fourth-order valence-corrected chi connectivity index (χ4v) is 3.26. The lowest BCUT2D eigenvalue weighted by molar-refractivity contribution is 0.122. The molecule has 0 atom stereocenters. The van der Waals surface area contributed by atoms with Crippen molar-refractivity contribution in [2.24, 2.45) is 0 Å². The molecule has 0 aliphatic carbocycles. The second-order valence-electron chi connectivity index (χ2n) is 7.14. The van der Waals surface area contributed by atoms with Gasteiger partial charge in [0.25, 0.3) is 0 Å². The number of allylic oxidation sites excluding steroid dienone is 5. The van der Waals surface area contributed by atoms with Crippen molar-refractivity contribution in [1.29, 1.82) is 0 Å². The average molecular weight is 404 g/mol. The summed E-state index contributed by atoms with van der Waals surface area (Å²) < 4.78 is 7.42. The Balaban J connectivity index is 1.95. The van der Waals surface area contributed by atoms with E-state index in [2.05, 4.69) is 32.5 Å². The van der Waals surface area contributed by atoms with Crippen LogP contribution >= 0.6 is 0 Å². The van der Waals surface area contributed by atoms with Gasteiger partial charge in [0, 0.05) is 36.7 Å². The first kappa shape index (κ1) is 19.7. The van der Waals surface area contributed by atoms with Crippen molar-refractivity contribution in [3.63, 3.8) is 0 Å². The van der Waals surface area contributed by atoms with Crippen molar-refractivity contribution in [2.45, 2.75) is 13.8 Å². The SMILES string of the molecule is C=C/C=C(\C=C(C)C)n1cnc2c(-c3cnc(N)nc3)nc(N3CCOCC3)nc21. The first-order valence-corrected chi connectivity index (χ1v) is 9.70. The Bertz CT molecular complexity index is 1120. The molecule has 1 fully saturated rings. The van der Waals surface area contributed by atoms with E-state index in [4.69, 9.17) is 20.4 Å². The number of morpholine rings is 1. The molecule has 4 heterocycles. The predicted molar refractivity (Wildman–Crippen MR) is 118 cm³/mol. The molecule has 0 radical (unpaired) electrons. The molecule has 9 nitrogen and oxygen atoms in total. The second-order valence-corrected chi connectivity index (χ2v) is 7.14. The Morgan fingerprint density at radius 3 is 2.53 bits per heavy atom. The monoisotopic (exact) mass is 404 g/mol. The fraction of sp³-hybridized carbons (Fsp3) is 0.286. The molecule has 3 aromatic rings. The van der Waals surface area contributed by atoms with Crippen molar-refractivity contribution < 1.29 is 4.74 Å². The molecule has 0 saturated carbocycles. The van der Waals surface area contributed by atoms with Crippen LogP contribution in [0, 0.1) is 0 Å². The van der Waals surface area contributed by atoms with Gasteiger partial charge in [0.15, 0.2) is 5.65 Å². The molecule has 0 amide bonds. The van der Waals surface area contributed by atoms with E-state index < -0.39 is 0 Å². The molecular formula is C21H24N8O. The van der Waals surface area contributed by atoms with Crippen LogP contribution in [0.2, 0.25) is 0 Å². The maximum absolute atomic E-state index is 5.67. The highest BCUT2D eigenvalue weighted by atomic mass is 16.5. The third kappa shape index (κ3) is 3.92. The smallest absolute Gasteiger partial charge is 0.228 e. The maximum atomic E-state index is 5.67. The van der Waals surface area contributed by atoms with Crippen LogP contribution in [0.1, 0.15) is 13.8 Å². The highest BCUT2D eigenvalue weighted by Crippen LogP contribution is 2.29. The number of imidazole rings is 1.